The third-order valence-electron chi connectivity index (χ3n) is 5.25. The van der Waals surface area contributed by atoms with Crippen LogP contribution in [0.25, 0.3) is 0 Å². The van der Waals surface area contributed by atoms with E-state index in [-0.39, 0.29) is 0 Å². The van der Waals surface area contributed by atoms with Crippen molar-refractivity contribution in [1.82, 2.24) is 17.7 Å². The Morgan fingerprint density at radius 1 is 0.941 bits per heavy atom. The molecular formula is C9H29N5Si3. The second kappa shape index (κ2) is 4.53. The SMILES string of the molecule is CN[Si]1(C)N(C)[Si](C)(C)N(C)[Si](C)(CN)N1C. The zero-order valence-corrected chi connectivity index (χ0v) is 15.6. The molecule has 0 aromatic heterocycles. The minimum atomic E-state index is -1.73. The number of hydrogen-bond acceptors (Lipinski definition) is 5. The van der Waals surface area contributed by atoms with Gasteiger partial charge in [0.2, 0.25) is 8.40 Å². The fourth-order valence-corrected chi connectivity index (χ4v) is 23.0. The van der Waals surface area contributed by atoms with Crippen LogP contribution >= 0.6 is 0 Å². The van der Waals surface area contributed by atoms with E-state index < -0.39 is 25.4 Å². The maximum Gasteiger partial charge on any atom is 0.271 e. The number of nitrogens with one attached hydrogen (secondary N) is 1. The van der Waals surface area contributed by atoms with Gasteiger partial charge in [-0.1, -0.05) is 0 Å². The van der Waals surface area contributed by atoms with Crippen LogP contribution < -0.4 is 10.7 Å². The van der Waals surface area contributed by atoms with Crippen LogP contribution in [-0.4, -0.2) is 72.4 Å². The van der Waals surface area contributed by atoms with Crippen molar-refractivity contribution < 1.29 is 0 Å². The molecular weight excluding hydrogens is 262 g/mol. The molecule has 1 heterocycles. The highest BCUT2D eigenvalue weighted by atomic mass is 28.5. The summed E-state index contributed by atoms with van der Waals surface area (Å²) in [6.07, 6.45) is 0.800. The van der Waals surface area contributed by atoms with Crippen molar-refractivity contribution in [3.8, 4) is 0 Å². The minimum absolute atomic E-state index is 0.800. The van der Waals surface area contributed by atoms with E-state index in [0.717, 1.165) is 6.17 Å². The quantitative estimate of drug-likeness (QED) is 0.693. The average molecular weight is 292 g/mol. The lowest BCUT2D eigenvalue weighted by Gasteiger charge is -2.65. The molecule has 102 valence electrons. The largest absolute Gasteiger partial charge is 0.330 e. The van der Waals surface area contributed by atoms with Crippen LogP contribution in [-0.2, 0) is 0 Å². The van der Waals surface area contributed by atoms with Crippen LogP contribution in [0.3, 0.4) is 0 Å². The van der Waals surface area contributed by atoms with Crippen molar-refractivity contribution in [2.45, 2.75) is 26.2 Å². The summed E-state index contributed by atoms with van der Waals surface area (Å²) in [4.78, 5) is 3.62. The fourth-order valence-electron chi connectivity index (χ4n) is 2.88. The van der Waals surface area contributed by atoms with Gasteiger partial charge in [0.15, 0.2) is 8.40 Å². The van der Waals surface area contributed by atoms with E-state index >= 15 is 0 Å². The van der Waals surface area contributed by atoms with Crippen molar-refractivity contribution in [3.63, 3.8) is 0 Å². The first kappa shape index (κ1) is 15.5. The first-order valence-electron chi connectivity index (χ1n) is 6.20. The molecule has 2 unspecified atom stereocenters. The summed E-state index contributed by atoms with van der Waals surface area (Å²) in [5, 5.41) is 0. The Morgan fingerprint density at radius 3 is 1.76 bits per heavy atom. The molecule has 1 aliphatic heterocycles. The van der Waals surface area contributed by atoms with Gasteiger partial charge in [-0.3, -0.25) is 0 Å². The zero-order chi connectivity index (χ0) is 13.6. The Morgan fingerprint density at radius 2 is 1.41 bits per heavy atom. The summed E-state index contributed by atoms with van der Waals surface area (Å²) in [7, 11) is 3.96. The van der Waals surface area contributed by atoms with Gasteiger partial charge in [0.1, 0.15) is 0 Å². The van der Waals surface area contributed by atoms with Gasteiger partial charge in [0.05, 0.1) is 0 Å². The van der Waals surface area contributed by atoms with Crippen molar-refractivity contribution in [3.05, 3.63) is 0 Å². The smallest absolute Gasteiger partial charge is 0.271 e. The zero-order valence-electron chi connectivity index (χ0n) is 12.6. The van der Waals surface area contributed by atoms with Gasteiger partial charge in [0.25, 0.3) is 8.56 Å². The van der Waals surface area contributed by atoms with Crippen LogP contribution in [0, 0.1) is 0 Å². The fraction of sp³-hybridized carbons (Fsp3) is 1.00. The normalized spacial score (nSPS) is 40.8. The lowest BCUT2D eigenvalue weighted by Crippen LogP contribution is -2.93. The number of nitrogens with two attached hydrogens (primary N) is 1. The monoisotopic (exact) mass is 291 g/mol. The predicted molar refractivity (Wildman–Crippen MR) is 82.1 cm³/mol. The highest BCUT2D eigenvalue weighted by Gasteiger charge is 2.60. The van der Waals surface area contributed by atoms with Gasteiger partial charge in [-0.05, 0) is 54.4 Å². The maximum atomic E-state index is 6.14. The topological polar surface area (TPSA) is 47.8 Å². The molecule has 0 aliphatic carbocycles. The molecule has 1 fully saturated rings. The van der Waals surface area contributed by atoms with E-state index in [0.29, 0.717) is 0 Å². The molecule has 1 saturated heterocycles. The summed E-state index contributed by atoms with van der Waals surface area (Å²) in [5.41, 5.74) is 6.14. The minimum Gasteiger partial charge on any atom is -0.330 e. The molecule has 8 heteroatoms. The van der Waals surface area contributed by atoms with Crippen LogP contribution in [0.2, 0.25) is 26.2 Å². The molecule has 0 saturated carbocycles. The molecule has 0 spiro atoms. The van der Waals surface area contributed by atoms with Gasteiger partial charge in [-0.2, -0.15) is 0 Å². The standard InChI is InChI=1S/C9H29N5Si3/c1-11-17(8)13(3)15(5,6)12(2)16(7,9-10)14(17)4/h11H,9-10H2,1-8H3. The molecule has 5 nitrogen and oxygen atoms in total. The molecule has 0 bridgehead atoms. The molecule has 17 heavy (non-hydrogen) atoms. The number of rotatable bonds is 2. The highest BCUT2D eigenvalue weighted by molar-refractivity contribution is 7.03. The summed E-state index contributed by atoms with van der Waals surface area (Å²) in [6.45, 7) is 9.67. The summed E-state index contributed by atoms with van der Waals surface area (Å²) in [5.74, 6) is 0. The summed E-state index contributed by atoms with van der Waals surface area (Å²) in [6, 6.07) is 0. The lowest BCUT2D eigenvalue weighted by molar-refractivity contribution is 0.461. The molecule has 1 aliphatic rings. The first-order valence-corrected chi connectivity index (χ1v) is 14.1. The lowest BCUT2D eigenvalue weighted by atomic mass is 11.5. The number of nitrogens with zero attached hydrogens (tertiary/aromatic N) is 3. The second-order valence-electron chi connectivity index (χ2n) is 5.86. The maximum absolute atomic E-state index is 6.14. The Kier molecular flexibility index (Phi) is 4.13. The van der Waals surface area contributed by atoms with E-state index in [2.05, 4.69) is 72.1 Å². The van der Waals surface area contributed by atoms with Crippen molar-refractivity contribution in [2.24, 2.45) is 5.73 Å². The van der Waals surface area contributed by atoms with Crippen LogP contribution in [0.5, 0.6) is 0 Å². The molecule has 0 aromatic carbocycles. The van der Waals surface area contributed by atoms with Crippen molar-refractivity contribution >= 4 is 25.4 Å². The Hall–Kier alpha value is 0.451. The van der Waals surface area contributed by atoms with Gasteiger partial charge in [-0.15, -0.1) is 0 Å². The Bertz CT molecular complexity index is 276. The average Bonchev–Trinajstić information content (AvgIpc) is 2.32. The third-order valence-corrected chi connectivity index (χ3v) is 24.5. The molecule has 0 radical (unpaired) electrons. The second-order valence-corrected chi connectivity index (χ2v) is 19.6. The number of hydrogen-bond donors (Lipinski definition) is 2. The van der Waals surface area contributed by atoms with Gasteiger partial charge in [-0.25, -0.2) is 0 Å². The van der Waals surface area contributed by atoms with Gasteiger partial charge < -0.3 is 23.4 Å². The molecule has 2 atom stereocenters. The van der Waals surface area contributed by atoms with Crippen molar-refractivity contribution in [1.29, 1.82) is 0 Å². The van der Waals surface area contributed by atoms with E-state index in [1.165, 1.54) is 0 Å². The summed E-state index contributed by atoms with van der Waals surface area (Å²) < 4.78 is 7.90. The Balaban J connectivity index is 3.33. The summed E-state index contributed by atoms with van der Waals surface area (Å²) >= 11 is 0. The van der Waals surface area contributed by atoms with E-state index in [1.807, 2.05) is 0 Å². The molecule has 1 rings (SSSR count). The van der Waals surface area contributed by atoms with Crippen LogP contribution in [0.1, 0.15) is 0 Å². The molecule has 0 amide bonds. The van der Waals surface area contributed by atoms with Crippen molar-refractivity contribution in [2.75, 3.05) is 34.4 Å². The van der Waals surface area contributed by atoms with Crippen LogP contribution in [0.15, 0.2) is 0 Å². The predicted octanol–water partition coefficient (Wildman–Crippen LogP) is -0.145. The van der Waals surface area contributed by atoms with E-state index in [1.54, 1.807) is 0 Å². The first-order chi connectivity index (χ1) is 7.59. The van der Waals surface area contributed by atoms with Gasteiger partial charge >= 0.3 is 0 Å². The Labute approximate surface area is 110 Å². The van der Waals surface area contributed by atoms with Gasteiger partial charge in [0, 0.05) is 6.17 Å². The molecule has 3 N–H and O–H groups in total. The highest BCUT2D eigenvalue weighted by Crippen LogP contribution is 2.33. The van der Waals surface area contributed by atoms with E-state index in [4.69, 9.17) is 5.73 Å². The van der Waals surface area contributed by atoms with Crippen LogP contribution in [0.4, 0.5) is 0 Å². The molecule has 0 aromatic rings. The third kappa shape index (κ3) is 1.91. The van der Waals surface area contributed by atoms with E-state index in [9.17, 15) is 0 Å².